The van der Waals surface area contributed by atoms with Gasteiger partial charge >= 0.3 is 0 Å². The van der Waals surface area contributed by atoms with E-state index in [1.165, 1.54) is 0 Å². The van der Waals surface area contributed by atoms with Crippen molar-refractivity contribution in [1.29, 1.82) is 0 Å². The van der Waals surface area contributed by atoms with Gasteiger partial charge < -0.3 is 5.11 Å². The second-order valence-corrected chi connectivity index (χ2v) is 2.35. The molecule has 0 fully saturated rings. The van der Waals surface area contributed by atoms with Crippen LogP contribution in [0.3, 0.4) is 0 Å². The van der Waals surface area contributed by atoms with Gasteiger partial charge in [-0.1, -0.05) is 18.2 Å². The summed E-state index contributed by atoms with van der Waals surface area (Å²) in [6, 6.07) is 9.13. The Morgan fingerprint density at radius 1 is 1.08 bits per heavy atom. The smallest absolute Gasteiger partial charge is 0.141 e. The van der Waals surface area contributed by atoms with E-state index in [9.17, 15) is 5.11 Å². The van der Waals surface area contributed by atoms with Crippen LogP contribution < -0.4 is 0 Å². The van der Waals surface area contributed by atoms with Gasteiger partial charge in [0.25, 0.3) is 0 Å². The summed E-state index contributed by atoms with van der Waals surface area (Å²) in [7, 11) is 0. The van der Waals surface area contributed by atoms with Crippen LogP contribution in [0.5, 0.6) is 5.75 Å². The standard InChI is InChI=1S/C9H7NO.Er/c11-8-5-1-3-7-4-2-6-10-9(7)8;/h1-6,11H;. The van der Waals surface area contributed by atoms with Crippen LogP contribution in [0.2, 0.25) is 0 Å². The first-order valence-electron chi connectivity index (χ1n) is 3.40. The Kier molecular flexibility index (Phi) is 3.31. The number of hydrogen-bond acceptors (Lipinski definition) is 2. The van der Waals surface area contributed by atoms with E-state index in [4.69, 9.17) is 0 Å². The molecule has 0 aliphatic carbocycles. The summed E-state index contributed by atoms with van der Waals surface area (Å²) < 4.78 is 0. The summed E-state index contributed by atoms with van der Waals surface area (Å²) in [6.45, 7) is 0. The molecule has 2 nitrogen and oxygen atoms in total. The van der Waals surface area contributed by atoms with E-state index in [0.717, 1.165) is 5.39 Å². The zero-order valence-electron chi connectivity index (χ0n) is 6.15. The largest absolute Gasteiger partial charge is 0.506 e. The molecule has 0 radical (unpaired) electrons. The third kappa shape index (κ3) is 1.70. The van der Waals surface area contributed by atoms with Gasteiger partial charge in [-0.2, -0.15) is 0 Å². The number of aromatic hydroxyl groups is 1. The fourth-order valence-electron chi connectivity index (χ4n) is 1.09. The maximum Gasteiger partial charge on any atom is 0.141 e. The minimum atomic E-state index is 0. The molecule has 1 aromatic heterocycles. The van der Waals surface area contributed by atoms with Crippen molar-refractivity contribution in [2.75, 3.05) is 0 Å². The number of benzene rings is 1. The molecule has 0 spiro atoms. The average Bonchev–Trinajstić information content (AvgIpc) is 2.06. The number of para-hydroxylation sites is 1. The van der Waals surface area contributed by atoms with Crippen molar-refractivity contribution in [2.24, 2.45) is 0 Å². The van der Waals surface area contributed by atoms with Gasteiger partial charge in [0.05, 0.1) is 0 Å². The van der Waals surface area contributed by atoms with Gasteiger partial charge in [0.2, 0.25) is 0 Å². The van der Waals surface area contributed by atoms with Crippen molar-refractivity contribution in [1.82, 2.24) is 4.98 Å². The summed E-state index contributed by atoms with van der Waals surface area (Å²) in [5.41, 5.74) is 0.662. The molecule has 0 unspecified atom stereocenters. The van der Waals surface area contributed by atoms with E-state index in [1.807, 2.05) is 18.2 Å². The molecule has 3 heteroatoms. The summed E-state index contributed by atoms with van der Waals surface area (Å²) in [6.07, 6.45) is 1.67. The Morgan fingerprint density at radius 3 is 2.58 bits per heavy atom. The molecule has 12 heavy (non-hydrogen) atoms. The predicted octanol–water partition coefficient (Wildman–Crippen LogP) is 1.94. The van der Waals surface area contributed by atoms with Crippen LogP contribution in [0.25, 0.3) is 10.9 Å². The van der Waals surface area contributed by atoms with Crippen molar-refractivity contribution in [3.05, 3.63) is 36.5 Å². The summed E-state index contributed by atoms with van der Waals surface area (Å²) in [5.74, 6) is 0.239. The third-order valence-corrected chi connectivity index (χ3v) is 1.61. The van der Waals surface area contributed by atoms with Crippen LogP contribution in [0.1, 0.15) is 0 Å². The van der Waals surface area contributed by atoms with Crippen molar-refractivity contribution in [3.8, 4) is 5.75 Å². The number of fused-ring (bicyclic) bond motifs is 1. The van der Waals surface area contributed by atoms with Crippen molar-refractivity contribution in [3.63, 3.8) is 0 Å². The van der Waals surface area contributed by atoms with E-state index in [0.29, 0.717) is 5.52 Å². The minimum Gasteiger partial charge on any atom is -0.506 e. The normalized spacial score (nSPS) is 9.33. The Balaban J connectivity index is 0.000000720. The van der Waals surface area contributed by atoms with Crippen LogP contribution in [0.15, 0.2) is 36.5 Å². The number of rotatable bonds is 0. The van der Waals surface area contributed by atoms with Crippen molar-refractivity contribution >= 4 is 10.9 Å². The Labute approximate surface area is 99.8 Å². The monoisotopic (exact) mass is 311 g/mol. The number of pyridine rings is 1. The van der Waals surface area contributed by atoms with Gasteiger partial charge in [0, 0.05) is 48.9 Å². The molecule has 0 saturated heterocycles. The molecule has 0 aliphatic heterocycles. The molecule has 2 aromatic rings. The Hall–Kier alpha value is -0.323. The van der Waals surface area contributed by atoms with Gasteiger partial charge in [-0.15, -0.1) is 0 Å². The fraction of sp³-hybridized carbons (Fsp3) is 0. The van der Waals surface area contributed by atoms with Crippen LogP contribution >= 0.6 is 0 Å². The predicted molar refractivity (Wildman–Crippen MR) is 43.4 cm³/mol. The molecule has 0 amide bonds. The molecular formula is C9H7ErNO. The summed E-state index contributed by atoms with van der Waals surface area (Å²) in [5, 5.41) is 10.3. The topological polar surface area (TPSA) is 33.1 Å². The number of phenolic OH excluding ortho intramolecular Hbond substituents is 1. The molecule has 2 rings (SSSR count). The van der Waals surface area contributed by atoms with E-state index < -0.39 is 0 Å². The molecule has 1 heterocycles. The van der Waals surface area contributed by atoms with Gasteiger partial charge in [-0.25, -0.2) is 0 Å². The van der Waals surface area contributed by atoms with E-state index in [2.05, 4.69) is 4.98 Å². The third-order valence-electron chi connectivity index (χ3n) is 1.61. The Bertz CT molecular complexity index is 384. The van der Waals surface area contributed by atoms with Gasteiger partial charge in [0.15, 0.2) is 0 Å². The van der Waals surface area contributed by atoms with Gasteiger partial charge in [-0.3, -0.25) is 4.98 Å². The summed E-state index contributed by atoms with van der Waals surface area (Å²) in [4.78, 5) is 4.03. The first-order valence-corrected chi connectivity index (χ1v) is 3.40. The second-order valence-electron chi connectivity index (χ2n) is 2.35. The molecule has 1 aromatic carbocycles. The van der Waals surface area contributed by atoms with Crippen molar-refractivity contribution < 1.29 is 42.4 Å². The van der Waals surface area contributed by atoms with E-state index >= 15 is 0 Å². The molecular weight excluding hydrogens is 305 g/mol. The van der Waals surface area contributed by atoms with Gasteiger partial charge in [0.1, 0.15) is 11.3 Å². The molecule has 0 aliphatic rings. The van der Waals surface area contributed by atoms with Gasteiger partial charge in [-0.05, 0) is 12.1 Å². The first kappa shape index (κ1) is 9.76. The second kappa shape index (κ2) is 4.07. The first-order chi connectivity index (χ1) is 5.38. The van der Waals surface area contributed by atoms with E-state index in [-0.39, 0.29) is 43.1 Å². The molecule has 0 saturated carbocycles. The maximum atomic E-state index is 9.31. The van der Waals surface area contributed by atoms with Crippen molar-refractivity contribution in [2.45, 2.75) is 0 Å². The number of nitrogens with zero attached hydrogens (tertiary/aromatic N) is 1. The SMILES string of the molecule is Oc1cccc2cccnc12.[Er]. The van der Waals surface area contributed by atoms with Crippen LogP contribution in [-0.2, 0) is 0 Å². The number of phenols is 1. The van der Waals surface area contributed by atoms with Crippen LogP contribution in [0, 0.1) is 37.3 Å². The summed E-state index contributed by atoms with van der Waals surface area (Å²) >= 11 is 0. The minimum absolute atomic E-state index is 0. The quantitative estimate of drug-likeness (QED) is 0.806. The molecule has 1 N–H and O–H groups in total. The molecule has 0 atom stereocenters. The van der Waals surface area contributed by atoms with Crippen LogP contribution in [-0.4, -0.2) is 10.1 Å². The maximum absolute atomic E-state index is 9.31. The Morgan fingerprint density at radius 2 is 1.83 bits per heavy atom. The fourth-order valence-corrected chi connectivity index (χ4v) is 1.09. The number of hydrogen-bond donors (Lipinski definition) is 1. The van der Waals surface area contributed by atoms with E-state index in [1.54, 1.807) is 18.3 Å². The van der Waals surface area contributed by atoms with Crippen LogP contribution in [0.4, 0.5) is 0 Å². The zero-order valence-corrected chi connectivity index (χ0v) is 8.00. The zero-order chi connectivity index (χ0) is 7.68. The molecule has 0 bridgehead atoms. The average molecular weight is 312 g/mol. The number of aromatic nitrogens is 1. The molecule has 66 valence electrons.